The first-order chi connectivity index (χ1) is 9.15. The Bertz CT molecular complexity index is 511. The van der Waals surface area contributed by atoms with Crippen LogP contribution in [0.1, 0.15) is 36.8 Å². The molecule has 20 heavy (non-hydrogen) atoms. The van der Waals surface area contributed by atoms with E-state index in [1.165, 1.54) is 19.1 Å². The van der Waals surface area contributed by atoms with Crippen molar-refractivity contribution in [1.82, 2.24) is 0 Å². The fraction of sp³-hybridized carbons (Fsp3) is 0.571. The summed E-state index contributed by atoms with van der Waals surface area (Å²) in [6.45, 7) is 1.35. The van der Waals surface area contributed by atoms with Gasteiger partial charge in [0, 0.05) is 5.56 Å². The van der Waals surface area contributed by atoms with Crippen molar-refractivity contribution in [3.63, 3.8) is 0 Å². The number of aryl methyl sites for hydroxylation is 1. The zero-order valence-electron chi connectivity index (χ0n) is 10.9. The van der Waals surface area contributed by atoms with Gasteiger partial charge < -0.3 is 5.11 Å². The second kappa shape index (κ2) is 4.98. The van der Waals surface area contributed by atoms with Gasteiger partial charge in [-0.25, -0.2) is 8.78 Å². The molecule has 1 fully saturated rings. The Kier molecular flexibility index (Phi) is 3.79. The van der Waals surface area contributed by atoms with Crippen LogP contribution in [0.5, 0.6) is 0 Å². The van der Waals surface area contributed by atoms with Crippen molar-refractivity contribution < 1.29 is 27.1 Å². The number of rotatable bonds is 1. The van der Waals surface area contributed by atoms with Crippen LogP contribution in [-0.4, -0.2) is 11.3 Å². The number of alkyl halides is 3. The Morgan fingerprint density at radius 3 is 2.45 bits per heavy atom. The van der Waals surface area contributed by atoms with Gasteiger partial charge in [-0.1, -0.05) is 12.1 Å². The lowest BCUT2D eigenvalue weighted by Crippen LogP contribution is -2.39. The minimum Gasteiger partial charge on any atom is -0.385 e. The van der Waals surface area contributed by atoms with E-state index < -0.39 is 35.8 Å². The summed E-state index contributed by atoms with van der Waals surface area (Å²) in [6, 6.07) is 2.44. The summed E-state index contributed by atoms with van der Waals surface area (Å²) < 4.78 is 65.7. The molecule has 1 aliphatic rings. The van der Waals surface area contributed by atoms with Crippen molar-refractivity contribution in [3.8, 4) is 0 Å². The first-order valence-corrected chi connectivity index (χ1v) is 6.39. The standard InChI is InChI=1S/C14H15F5O/c1-8-4-5-10(12(16)11(8)15)13(20)6-2-3-9(7-13)14(17,18)19/h4-5,9,20H,2-3,6-7H2,1H3. The van der Waals surface area contributed by atoms with E-state index in [4.69, 9.17) is 0 Å². The van der Waals surface area contributed by atoms with Crippen molar-refractivity contribution in [3.05, 3.63) is 34.9 Å². The van der Waals surface area contributed by atoms with Gasteiger partial charge in [-0.2, -0.15) is 13.2 Å². The molecule has 1 N–H and O–H groups in total. The molecule has 2 atom stereocenters. The number of hydrogen-bond acceptors (Lipinski definition) is 1. The molecule has 2 unspecified atom stereocenters. The molecule has 1 nitrogen and oxygen atoms in total. The molecular weight excluding hydrogens is 279 g/mol. The van der Waals surface area contributed by atoms with Crippen LogP contribution in [0.4, 0.5) is 22.0 Å². The van der Waals surface area contributed by atoms with Gasteiger partial charge >= 0.3 is 6.18 Å². The summed E-state index contributed by atoms with van der Waals surface area (Å²) in [4.78, 5) is 0. The van der Waals surface area contributed by atoms with Gasteiger partial charge in [0.15, 0.2) is 11.6 Å². The van der Waals surface area contributed by atoms with Crippen molar-refractivity contribution >= 4 is 0 Å². The van der Waals surface area contributed by atoms with Crippen LogP contribution in [0.3, 0.4) is 0 Å². The van der Waals surface area contributed by atoms with E-state index in [0.717, 1.165) is 0 Å². The molecule has 0 amide bonds. The molecule has 1 saturated carbocycles. The Balaban J connectivity index is 2.38. The smallest absolute Gasteiger partial charge is 0.385 e. The number of aliphatic hydroxyl groups is 1. The predicted octanol–water partition coefficient (Wildman–Crippen LogP) is 4.21. The van der Waals surface area contributed by atoms with Gasteiger partial charge in [0.25, 0.3) is 0 Å². The molecule has 0 heterocycles. The van der Waals surface area contributed by atoms with E-state index in [0.29, 0.717) is 0 Å². The first kappa shape index (κ1) is 15.2. The highest BCUT2D eigenvalue weighted by Crippen LogP contribution is 2.46. The van der Waals surface area contributed by atoms with E-state index in [-0.39, 0.29) is 30.4 Å². The van der Waals surface area contributed by atoms with Gasteiger partial charge in [-0.3, -0.25) is 0 Å². The molecule has 1 aromatic rings. The van der Waals surface area contributed by atoms with Gasteiger partial charge in [-0.15, -0.1) is 0 Å². The second-order valence-electron chi connectivity index (χ2n) is 5.42. The molecule has 2 rings (SSSR count). The second-order valence-corrected chi connectivity index (χ2v) is 5.42. The lowest BCUT2D eigenvalue weighted by Gasteiger charge is -2.38. The molecule has 0 aromatic heterocycles. The summed E-state index contributed by atoms with van der Waals surface area (Å²) in [7, 11) is 0. The summed E-state index contributed by atoms with van der Waals surface area (Å²) in [5.74, 6) is -4.06. The van der Waals surface area contributed by atoms with E-state index in [2.05, 4.69) is 0 Å². The number of hydrogen-bond donors (Lipinski definition) is 1. The Morgan fingerprint density at radius 2 is 1.85 bits per heavy atom. The fourth-order valence-electron chi connectivity index (χ4n) is 2.78. The lowest BCUT2D eigenvalue weighted by molar-refractivity contribution is -0.202. The van der Waals surface area contributed by atoms with Crippen molar-refractivity contribution in [2.24, 2.45) is 5.92 Å². The maximum Gasteiger partial charge on any atom is 0.391 e. The molecular formula is C14H15F5O. The third-order valence-corrected chi connectivity index (χ3v) is 3.97. The normalized spacial score (nSPS) is 27.6. The van der Waals surface area contributed by atoms with Crippen LogP contribution in [0, 0.1) is 24.5 Å². The zero-order valence-corrected chi connectivity index (χ0v) is 10.9. The molecule has 0 radical (unpaired) electrons. The minimum atomic E-state index is -4.44. The molecule has 0 bridgehead atoms. The van der Waals surface area contributed by atoms with E-state index in [1.807, 2.05) is 0 Å². The highest BCUT2D eigenvalue weighted by atomic mass is 19.4. The van der Waals surface area contributed by atoms with Crippen LogP contribution < -0.4 is 0 Å². The molecule has 6 heteroatoms. The SMILES string of the molecule is Cc1ccc(C2(O)CCCC(C(F)(F)F)C2)c(F)c1F. The van der Waals surface area contributed by atoms with Crippen molar-refractivity contribution in [2.75, 3.05) is 0 Å². The maximum atomic E-state index is 13.9. The predicted molar refractivity (Wildman–Crippen MR) is 63.0 cm³/mol. The van der Waals surface area contributed by atoms with Gasteiger partial charge in [0.1, 0.15) is 0 Å². The third kappa shape index (κ3) is 2.66. The molecule has 1 aliphatic carbocycles. The largest absolute Gasteiger partial charge is 0.391 e. The topological polar surface area (TPSA) is 20.2 Å². The van der Waals surface area contributed by atoms with Gasteiger partial charge in [-0.05, 0) is 38.2 Å². The Morgan fingerprint density at radius 1 is 1.20 bits per heavy atom. The van der Waals surface area contributed by atoms with E-state index in [9.17, 15) is 27.1 Å². The highest BCUT2D eigenvalue weighted by molar-refractivity contribution is 5.30. The summed E-state index contributed by atoms with van der Waals surface area (Å²) in [5.41, 5.74) is -2.29. The minimum absolute atomic E-state index is 0.000991. The zero-order chi connectivity index (χ0) is 15.1. The quantitative estimate of drug-likeness (QED) is 0.769. The first-order valence-electron chi connectivity index (χ1n) is 6.39. The number of halogens is 5. The van der Waals surface area contributed by atoms with Gasteiger partial charge in [0.05, 0.1) is 11.5 Å². The summed E-state index contributed by atoms with van der Waals surface area (Å²) in [6.07, 6.45) is -5.04. The van der Waals surface area contributed by atoms with Crippen LogP contribution in [-0.2, 0) is 5.60 Å². The van der Waals surface area contributed by atoms with Crippen LogP contribution in [0.2, 0.25) is 0 Å². The lowest BCUT2D eigenvalue weighted by atomic mass is 9.74. The highest BCUT2D eigenvalue weighted by Gasteiger charge is 2.48. The molecule has 0 spiro atoms. The monoisotopic (exact) mass is 294 g/mol. The van der Waals surface area contributed by atoms with Crippen LogP contribution >= 0.6 is 0 Å². The molecule has 0 saturated heterocycles. The molecule has 1 aromatic carbocycles. The van der Waals surface area contributed by atoms with E-state index in [1.54, 1.807) is 0 Å². The average molecular weight is 294 g/mol. The maximum absolute atomic E-state index is 13.9. The average Bonchev–Trinajstić information content (AvgIpc) is 2.35. The van der Waals surface area contributed by atoms with Crippen LogP contribution in [0.15, 0.2) is 12.1 Å². The number of benzene rings is 1. The summed E-state index contributed by atoms with van der Waals surface area (Å²) in [5, 5.41) is 10.4. The summed E-state index contributed by atoms with van der Waals surface area (Å²) >= 11 is 0. The Labute approximate surface area is 113 Å². The Hall–Kier alpha value is -1.17. The van der Waals surface area contributed by atoms with Crippen molar-refractivity contribution in [1.29, 1.82) is 0 Å². The van der Waals surface area contributed by atoms with Crippen molar-refractivity contribution in [2.45, 2.75) is 44.4 Å². The van der Waals surface area contributed by atoms with Crippen LogP contribution in [0.25, 0.3) is 0 Å². The molecule has 0 aliphatic heterocycles. The van der Waals surface area contributed by atoms with Gasteiger partial charge in [0.2, 0.25) is 0 Å². The van der Waals surface area contributed by atoms with E-state index >= 15 is 0 Å². The fourth-order valence-corrected chi connectivity index (χ4v) is 2.78. The third-order valence-electron chi connectivity index (χ3n) is 3.97. The molecule has 112 valence electrons.